The zero-order valence-electron chi connectivity index (χ0n) is 10.3. The molecule has 0 spiro atoms. The van der Waals surface area contributed by atoms with Crippen molar-refractivity contribution in [3.63, 3.8) is 0 Å². The predicted molar refractivity (Wildman–Crippen MR) is 70.6 cm³/mol. The Kier molecular flexibility index (Phi) is 4.41. The Morgan fingerprint density at radius 3 is 3.17 bits per heavy atom. The normalized spacial score (nSPS) is 18.9. The van der Waals surface area contributed by atoms with Gasteiger partial charge < -0.3 is 20.9 Å². The van der Waals surface area contributed by atoms with Crippen molar-refractivity contribution < 1.29 is 9.84 Å². The lowest BCUT2D eigenvalue weighted by Crippen LogP contribution is -2.37. The topological polar surface area (TPSA) is 79.9 Å². The molecular weight excluding hydrogens is 230 g/mol. The van der Waals surface area contributed by atoms with Crippen LogP contribution in [0.2, 0.25) is 0 Å². The summed E-state index contributed by atoms with van der Waals surface area (Å²) < 4.78 is 5.58. The van der Waals surface area contributed by atoms with E-state index in [0.29, 0.717) is 25.5 Å². The Morgan fingerprint density at radius 1 is 1.50 bits per heavy atom. The van der Waals surface area contributed by atoms with Crippen molar-refractivity contribution in [2.75, 3.05) is 19.8 Å². The maximum absolute atomic E-state index is 8.68. The average Bonchev–Trinajstić information content (AvgIpc) is 2.39. The smallest absolute Gasteiger partial charge is 0.189 e. The fourth-order valence-electron chi connectivity index (χ4n) is 1.99. The number of para-hydroxylation sites is 1. The van der Waals surface area contributed by atoms with Crippen LogP contribution in [0.25, 0.3) is 0 Å². The molecular formula is C13H19N3O2. The van der Waals surface area contributed by atoms with Crippen molar-refractivity contribution in [1.82, 2.24) is 5.32 Å². The summed E-state index contributed by atoms with van der Waals surface area (Å²) in [6.07, 6.45) is 1.50. The first-order valence-electron chi connectivity index (χ1n) is 6.20. The highest BCUT2D eigenvalue weighted by atomic mass is 16.5. The second-order valence-electron chi connectivity index (χ2n) is 4.22. The fourth-order valence-corrected chi connectivity index (χ4v) is 1.99. The number of ether oxygens (including phenoxy) is 1. The van der Waals surface area contributed by atoms with Crippen LogP contribution in [0.4, 0.5) is 0 Å². The Balaban J connectivity index is 2.00. The van der Waals surface area contributed by atoms with Crippen LogP contribution in [0.3, 0.4) is 0 Å². The number of rotatable bonds is 4. The van der Waals surface area contributed by atoms with E-state index in [1.807, 2.05) is 24.3 Å². The number of fused-ring (bicyclic) bond motifs is 1. The number of aliphatic hydroxyl groups is 1. The molecule has 0 radical (unpaired) electrons. The molecule has 1 aliphatic heterocycles. The van der Waals surface area contributed by atoms with E-state index in [-0.39, 0.29) is 12.6 Å². The number of nitrogens with one attached hydrogen (secondary N) is 1. The third-order valence-corrected chi connectivity index (χ3v) is 2.88. The molecule has 0 bridgehead atoms. The molecule has 4 N–H and O–H groups in total. The van der Waals surface area contributed by atoms with E-state index in [9.17, 15) is 0 Å². The SMILES string of the molecule is NC(=NCCCO)NC1CCOc2ccccc21. The largest absolute Gasteiger partial charge is 0.493 e. The Morgan fingerprint density at radius 2 is 2.33 bits per heavy atom. The van der Waals surface area contributed by atoms with Crippen LogP contribution in [0.1, 0.15) is 24.4 Å². The number of hydrogen-bond acceptors (Lipinski definition) is 3. The van der Waals surface area contributed by atoms with Gasteiger partial charge in [0.25, 0.3) is 0 Å². The second-order valence-corrected chi connectivity index (χ2v) is 4.22. The van der Waals surface area contributed by atoms with Crippen molar-refractivity contribution in [2.24, 2.45) is 10.7 Å². The van der Waals surface area contributed by atoms with Crippen molar-refractivity contribution in [2.45, 2.75) is 18.9 Å². The van der Waals surface area contributed by atoms with Gasteiger partial charge in [-0.15, -0.1) is 0 Å². The van der Waals surface area contributed by atoms with Crippen LogP contribution in [0.15, 0.2) is 29.3 Å². The van der Waals surface area contributed by atoms with E-state index in [1.165, 1.54) is 0 Å². The average molecular weight is 249 g/mol. The highest BCUT2D eigenvalue weighted by Crippen LogP contribution is 2.31. The van der Waals surface area contributed by atoms with Gasteiger partial charge in [0.2, 0.25) is 0 Å². The lowest BCUT2D eigenvalue weighted by Gasteiger charge is -2.26. The van der Waals surface area contributed by atoms with Gasteiger partial charge in [0.1, 0.15) is 5.75 Å². The van der Waals surface area contributed by atoms with Gasteiger partial charge in [-0.3, -0.25) is 4.99 Å². The number of aliphatic hydroxyl groups excluding tert-OH is 1. The molecule has 0 aromatic heterocycles. The Hall–Kier alpha value is -1.75. The van der Waals surface area contributed by atoms with Crippen LogP contribution >= 0.6 is 0 Å². The third kappa shape index (κ3) is 3.13. The summed E-state index contributed by atoms with van der Waals surface area (Å²) in [4.78, 5) is 4.16. The molecule has 1 aliphatic rings. The first kappa shape index (κ1) is 12.7. The Bertz CT molecular complexity index is 420. The lowest BCUT2D eigenvalue weighted by atomic mass is 10.0. The molecule has 0 amide bonds. The monoisotopic (exact) mass is 249 g/mol. The van der Waals surface area contributed by atoms with Crippen LogP contribution in [0.5, 0.6) is 5.75 Å². The molecule has 0 saturated carbocycles. The summed E-state index contributed by atoms with van der Waals surface area (Å²) in [6, 6.07) is 8.09. The van der Waals surface area contributed by atoms with Gasteiger partial charge in [-0.25, -0.2) is 0 Å². The van der Waals surface area contributed by atoms with Gasteiger partial charge in [-0.1, -0.05) is 18.2 Å². The fraction of sp³-hybridized carbons (Fsp3) is 0.462. The number of hydrogen-bond donors (Lipinski definition) is 3. The van der Waals surface area contributed by atoms with Crippen molar-refractivity contribution in [3.8, 4) is 5.75 Å². The lowest BCUT2D eigenvalue weighted by molar-refractivity contribution is 0.262. The highest BCUT2D eigenvalue weighted by molar-refractivity contribution is 5.78. The summed E-state index contributed by atoms with van der Waals surface area (Å²) in [6.45, 7) is 1.36. The number of guanidine groups is 1. The molecule has 1 atom stereocenters. The van der Waals surface area contributed by atoms with Gasteiger partial charge in [0.05, 0.1) is 12.6 Å². The minimum atomic E-state index is 0.136. The molecule has 5 heteroatoms. The first-order chi connectivity index (χ1) is 8.81. The van der Waals surface area contributed by atoms with Crippen molar-refractivity contribution >= 4 is 5.96 Å². The van der Waals surface area contributed by atoms with Gasteiger partial charge in [-0.2, -0.15) is 0 Å². The van der Waals surface area contributed by atoms with Gasteiger partial charge in [0.15, 0.2) is 5.96 Å². The molecule has 18 heavy (non-hydrogen) atoms. The van der Waals surface area contributed by atoms with E-state index >= 15 is 0 Å². The van der Waals surface area contributed by atoms with Gasteiger partial charge in [-0.05, 0) is 12.5 Å². The number of nitrogens with two attached hydrogens (primary N) is 1. The second kappa shape index (κ2) is 6.26. The molecule has 5 nitrogen and oxygen atoms in total. The summed E-state index contributed by atoms with van der Waals surface area (Å²) >= 11 is 0. The zero-order chi connectivity index (χ0) is 12.8. The van der Waals surface area contributed by atoms with Gasteiger partial charge in [0, 0.05) is 25.1 Å². The van der Waals surface area contributed by atoms with Crippen LogP contribution < -0.4 is 15.8 Å². The van der Waals surface area contributed by atoms with Crippen LogP contribution in [-0.2, 0) is 0 Å². The van der Waals surface area contributed by atoms with Gasteiger partial charge >= 0.3 is 0 Å². The number of nitrogens with zero attached hydrogens (tertiary/aromatic N) is 1. The third-order valence-electron chi connectivity index (χ3n) is 2.88. The van der Waals surface area contributed by atoms with E-state index in [1.54, 1.807) is 0 Å². The minimum Gasteiger partial charge on any atom is -0.493 e. The van der Waals surface area contributed by atoms with Crippen molar-refractivity contribution in [3.05, 3.63) is 29.8 Å². The molecule has 0 fully saturated rings. The first-order valence-corrected chi connectivity index (χ1v) is 6.20. The molecule has 98 valence electrons. The van der Waals surface area contributed by atoms with E-state index in [2.05, 4.69) is 10.3 Å². The number of aliphatic imine (C=N–C) groups is 1. The molecule has 0 saturated heterocycles. The molecule has 1 unspecified atom stereocenters. The van der Waals surface area contributed by atoms with E-state index in [0.717, 1.165) is 17.7 Å². The maximum Gasteiger partial charge on any atom is 0.189 e. The minimum absolute atomic E-state index is 0.136. The molecule has 1 aromatic rings. The van der Waals surface area contributed by atoms with Crippen LogP contribution in [0, 0.1) is 0 Å². The molecule has 2 rings (SSSR count). The van der Waals surface area contributed by atoms with E-state index < -0.39 is 0 Å². The maximum atomic E-state index is 8.68. The summed E-state index contributed by atoms with van der Waals surface area (Å²) in [7, 11) is 0. The molecule has 1 aromatic carbocycles. The number of benzene rings is 1. The zero-order valence-corrected chi connectivity index (χ0v) is 10.3. The Labute approximate surface area is 107 Å². The van der Waals surface area contributed by atoms with Crippen molar-refractivity contribution in [1.29, 1.82) is 0 Å². The molecule has 0 aliphatic carbocycles. The quantitative estimate of drug-likeness (QED) is 0.419. The molecule has 1 heterocycles. The summed E-state index contributed by atoms with van der Waals surface area (Å²) in [5.41, 5.74) is 6.93. The standard InChI is InChI=1S/C13H19N3O2/c14-13(15-7-3-8-17)16-11-6-9-18-12-5-2-1-4-10(11)12/h1-2,4-5,11,17H,3,6-9H2,(H3,14,15,16). The van der Waals surface area contributed by atoms with Crippen LogP contribution in [-0.4, -0.2) is 30.8 Å². The highest BCUT2D eigenvalue weighted by Gasteiger charge is 2.20. The van der Waals surface area contributed by atoms with E-state index in [4.69, 9.17) is 15.6 Å². The predicted octanol–water partition coefficient (Wildman–Crippen LogP) is 0.797. The summed E-state index contributed by atoms with van der Waals surface area (Å²) in [5.74, 6) is 1.33. The summed E-state index contributed by atoms with van der Waals surface area (Å²) in [5, 5.41) is 11.9.